The van der Waals surface area contributed by atoms with Crippen LogP contribution in [-0.2, 0) is 13.5 Å². The van der Waals surface area contributed by atoms with Crippen LogP contribution in [0.5, 0.6) is 5.75 Å². The van der Waals surface area contributed by atoms with E-state index in [9.17, 15) is 9.50 Å². The number of halogens is 1. The first kappa shape index (κ1) is 11.7. The first-order chi connectivity index (χ1) is 9.15. The quantitative estimate of drug-likeness (QED) is 0.765. The predicted octanol–water partition coefficient (Wildman–Crippen LogP) is 3.01. The zero-order chi connectivity index (χ0) is 13.4. The zero-order valence-electron chi connectivity index (χ0n) is 10.5. The largest absolute Gasteiger partial charge is 0.508 e. The Hall–Kier alpha value is -2.36. The van der Waals surface area contributed by atoms with E-state index in [1.165, 1.54) is 6.07 Å². The van der Waals surface area contributed by atoms with Crippen LogP contribution in [0.15, 0.2) is 42.5 Å². The number of rotatable bonds is 2. The number of phenolic OH excluding ortho intramolecular Hbond substituents is 1. The van der Waals surface area contributed by atoms with Gasteiger partial charge in [-0.1, -0.05) is 18.2 Å². The topological polar surface area (TPSA) is 38.0 Å². The Morgan fingerprint density at radius 3 is 2.74 bits per heavy atom. The molecule has 1 heterocycles. The number of phenols is 1. The number of hydrogen-bond donors (Lipinski definition) is 1. The Kier molecular flexibility index (Phi) is 2.71. The van der Waals surface area contributed by atoms with Gasteiger partial charge in [0.05, 0.1) is 5.52 Å². The van der Waals surface area contributed by atoms with Gasteiger partial charge in [0.2, 0.25) is 0 Å². The van der Waals surface area contributed by atoms with Crippen LogP contribution >= 0.6 is 0 Å². The summed E-state index contributed by atoms with van der Waals surface area (Å²) in [6.07, 6.45) is 0.555. The molecule has 0 atom stereocenters. The smallest absolute Gasteiger partial charge is 0.151 e. The number of para-hydroxylation sites is 1. The van der Waals surface area contributed by atoms with Crippen molar-refractivity contribution in [3.8, 4) is 5.75 Å². The summed E-state index contributed by atoms with van der Waals surface area (Å²) in [4.78, 5) is 4.34. The number of imidazole rings is 1. The number of benzene rings is 2. The maximum Gasteiger partial charge on any atom is 0.151 e. The summed E-state index contributed by atoms with van der Waals surface area (Å²) in [5.74, 6) is 0.684. The lowest BCUT2D eigenvalue weighted by Crippen LogP contribution is -1.98. The van der Waals surface area contributed by atoms with Gasteiger partial charge in [0.15, 0.2) is 5.82 Å². The third-order valence-electron chi connectivity index (χ3n) is 3.23. The second kappa shape index (κ2) is 4.39. The molecule has 0 aliphatic carbocycles. The van der Waals surface area contributed by atoms with Gasteiger partial charge in [0, 0.05) is 13.5 Å². The van der Waals surface area contributed by atoms with Crippen molar-refractivity contribution >= 4 is 11.0 Å². The summed E-state index contributed by atoms with van der Waals surface area (Å²) in [6.45, 7) is 0. The fraction of sp³-hybridized carbons (Fsp3) is 0.133. The van der Waals surface area contributed by atoms with Crippen molar-refractivity contribution in [1.82, 2.24) is 9.55 Å². The number of aromatic hydroxyl groups is 1. The molecule has 96 valence electrons. The summed E-state index contributed by atoms with van der Waals surface area (Å²) in [7, 11) is 1.87. The Morgan fingerprint density at radius 1 is 1.21 bits per heavy atom. The number of nitrogens with zero attached hydrogens (tertiary/aromatic N) is 2. The SMILES string of the molecule is Cn1c(Cc2cccc(O)c2)nc2c(F)cccc21. The lowest BCUT2D eigenvalue weighted by atomic mass is 10.1. The minimum Gasteiger partial charge on any atom is -0.508 e. The summed E-state index contributed by atoms with van der Waals surface area (Å²) < 4.78 is 15.5. The Labute approximate surface area is 109 Å². The average molecular weight is 256 g/mol. The summed E-state index contributed by atoms with van der Waals surface area (Å²) in [6, 6.07) is 11.9. The Morgan fingerprint density at radius 2 is 2.00 bits per heavy atom. The van der Waals surface area contributed by atoms with Crippen LogP contribution in [0, 0.1) is 5.82 Å². The molecule has 1 N–H and O–H groups in total. The molecular formula is C15H13FN2O. The van der Waals surface area contributed by atoms with Crippen LogP contribution in [0.3, 0.4) is 0 Å². The van der Waals surface area contributed by atoms with Gasteiger partial charge in [0.1, 0.15) is 17.1 Å². The van der Waals surface area contributed by atoms with Crippen molar-refractivity contribution in [2.24, 2.45) is 7.05 Å². The van der Waals surface area contributed by atoms with Crippen molar-refractivity contribution in [1.29, 1.82) is 0 Å². The lowest BCUT2D eigenvalue weighted by Gasteiger charge is -2.03. The predicted molar refractivity (Wildman–Crippen MR) is 71.6 cm³/mol. The number of hydrogen-bond acceptors (Lipinski definition) is 2. The molecule has 0 fully saturated rings. The van der Waals surface area contributed by atoms with Gasteiger partial charge in [-0.3, -0.25) is 0 Å². The molecule has 0 spiro atoms. The molecule has 0 radical (unpaired) electrons. The number of aryl methyl sites for hydroxylation is 1. The molecule has 3 rings (SSSR count). The molecule has 4 heteroatoms. The van der Waals surface area contributed by atoms with Gasteiger partial charge in [-0.05, 0) is 29.8 Å². The van der Waals surface area contributed by atoms with Crippen molar-refractivity contribution in [3.63, 3.8) is 0 Å². The molecule has 0 aliphatic rings. The van der Waals surface area contributed by atoms with Crippen LogP contribution in [-0.4, -0.2) is 14.7 Å². The van der Waals surface area contributed by atoms with E-state index in [1.54, 1.807) is 24.3 Å². The summed E-state index contributed by atoms with van der Waals surface area (Å²) >= 11 is 0. The second-order valence-electron chi connectivity index (χ2n) is 4.54. The average Bonchev–Trinajstić information content (AvgIpc) is 2.69. The van der Waals surface area contributed by atoms with E-state index in [2.05, 4.69) is 4.98 Å². The molecule has 3 nitrogen and oxygen atoms in total. The normalized spacial score (nSPS) is 11.1. The van der Waals surface area contributed by atoms with E-state index < -0.39 is 0 Å². The standard InChI is InChI=1S/C15H13FN2O/c1-18-13-7-3-6-12(16)15(13)17-14(18)9-10-4-2-5-11(19)8-10/h2-8,19H,9H2,1H3. The van der Waals surface area contributed by atoms with Crippen molar-refractivity contribution < 1.29 is 9.50 Å². The van der Waals surface area contributed by atoms with E-state index >= 15 is 0 Å². The summed E-state index contributed by atoms with van der Waals surface area (Å²) in [5, 5.41) is 9.46. The molecule has 0 unspecified atom stereocenters. The maximum absolute atomic E-state index is 13.7. The molecule has 2 aromatic carbocycles. The first-order valence-electron chi connectivity index (χ1n) is 6.03. The van der Waals surface area contributed by atoms with Gasteiger partial charge < -0.3 is 9.67 Å². The highest BCUT2D eigenvalue weighted by molar-refractivity contribution is 5.76. The molecule has 0 bridgehead atoms. The van der Waals surface area contributed by atoms with E-state index in [0.717, 1.165) is 16.9 Å². The Balaban J connectivity index is 2.06. The Bertz CT molecular complexity index is 749. The van der Waals surface area contributed by atoms with Gasteiger partial charge in [-0.25, -0.2) is 9.37 Å². The fourth-order valence-electron chi connectivity index (χ4n) is 2.24. The maximum atomic E-state index is 13.7. The molecule has 1 aromatic heterocycles. The minimum absolute atomic E-state index is 0.224. The highest BCUT2D eigenvalue weighted by Crippen LogP contribution is 2.20. The van der Waals surface area contributed by atoms with Crippen LogP contribution in [0.2, 0.25) is 0 Å². The second-order valence-corrected chi connectivity index (χ2v) is 4.54. The third kappa shape index (κ3) is 2.05. The van der Waals surface area contributed by atoms with E-state index in [-0.39, 0.29) is 11.6 Å². The molecule has 19 heavy (non-hydrogen) atoms. The molecular weight excluding hydrogens is 243 g/mol. The van der Waals surface area contributed by atoms with E-state index in [4.69, 9.17) is 0 Å². The molecule has 0 amide bonds. The number of fused-ring (bicyclic) bond motifs is 1. The van der Waals surface area contributed by atoms with Crippen LogP contribution in [0.1, 0.15) is 11.4 Å². The van der Waals surface area contributed by atoms with Crippen LogP contribution in [0.4, 0.5) is 4.39 Å². The van der Waals surface area contributed by atoms with Gasteiger partial charge in [-0.2, -0.15) is 0 Å². The van der Waals surface area contributed by atoms with Gasteiger partial charge >= 0.3 is 0 Å². The fourth-order valence-corrected chi connectivity index (χ4v) is 2.24. The van der Waals surface area contributed by atoms with Gasteiger partial charge in [-0.15, -0.1) is 0 Å². The molecule has 0 saturated carbocycles. The summed E-state index contributed by atoms with van der Waals surface area (Å²) in [5.41, 5.74) is 2.11. The highest BCUT2D eigenvalue weighted by atomic mass is 19.1. The molecule has 0 aliphatic heterocycles. The third-order valence-corrected chi connectivity index (χ3v) is 3.23. The lowest BCUT2D eigenvalue weighted by molar-refractivity contribution is 0.474. The van der Waals surface area contributed by atoms with Crippen molar-refractivity contribution in [2.75, 3.05) is 0 Å². The van der Waals surface area contributed by atoms with E-state index in [1.807, 2.05) is 23.7 Å². The number of aromatic nitrogens is 2. The van der Waals surface area contributed by atoms with Crippen LogP contribution in [0.25, 0.3) is 11.0 Å². The van der Waals surface area contributed by atoms with Crippen molar-refractivity contribution in [2.45, 2.75) is 6.42 Å². The monoisotopic (exact) mass is 256 g/mol. The zero-order valence-corrected chi connectivity index (χ0v) is 10.5. The molecule has 3 aromatic rings. The van der Waals surface area contributed by atoms with Crippen LogP contribution < -0.4 is 0 Å². The molecule has 0 saturated heterocycles. The van der Waals surface area contributed by atoms with Gasteiger partial charge in [0.25, 0.3) is 0 Å². The highest BCUT2D eigenvalue weighted by Gasteiger charge is 2.11. The van der Waals surface area contributed by atoms with Crippen molar-refractivity contribution in [3.05, 3.63) is 59.7 Å². The van der Waals surface area contributed by atoms with E-state index in [0.29, 0.717) is 11.9 Å². The minimum atomic E-state index is -0.310. The first-order valence-corrected chi connectivity index (χ1v) is 6.03.